The van der Waals surface area contributed by atoms with E-state index >= 15 is 0 Å². The van der Waals surface area contributed by atoms with Crippen molar-refractivity contribution in [2.45, 2.75) is 19.1 Å². The number of carbonyl (C=O) groups is 1. The van der Waals surface area contributed by atoms with Crippen LogP contribution in [0.15, 0.2) is 48.9 Å². The zero-order chi connectivity index (χ0) is 23.0. The molecule has 1 aliphatic rings. The number of aliphatic hydroxyl groups excluding tert-OH is 1. The molecule has 4 N–H and O–H groups in total. The van der Waals surface area contributed by atoms with Crippen molar-refractivity contribution < 1.29 is 19.4 Å². The summed E-state index contributed by atoms with van der Waals surface area (Å²) in [4.78, 5) is 18.9. The zero-order valence-electron chi connectivity index (χ0n) is 18.5. The smallest absolute Gasteiger partial charge is 0.257 e. The summed E-state index contributed by atoms with van der Waals surface area (Å²) in [6.45, 7) is 3.88. The molecular formula is C23H28N6O4. The van der Waals surface area contributed by atoms with Gasteiger partial charge in [0, 0.05) is 18.4 Å². The lowest BCUT2D eigenvalue weighted by atomic mass is 10.2. The number of nitrogens with one attached hydrogen (secondary N) is 3. The number of aliphatic hydroxyl groups is 1. The summed E-state index contributed by atoms with van der Waals surface area (Å²) in [5, 5.41) is 23.0. The molecule has 1 atom stereocenters. The SMILES string of the molecule is COc1cncc(C(=O)Nc2cn[nH]c2C(O)Nc2ccc(OCCN3CCCC3)cc2)c1. The van der Waals surface area contributed by atoms with E-state index in [0.29, 0.717) is 35.0 Å². The van der Waals surface area contributed by atoms with Crippen LogP contribution < -0.4 is 20.1 Å². The third kappa shape index (κ3) is 5.99. The molecule has 0 radical (unpaired) electrons. The van der Waals surface area contributed by atoms with Gasteiger partial charge in [0.2, 0.25) is 0 Å². The topological polar surface area (TPSA) is 125 Å². The number of pyridine rings is 1. The highest BCUT2D eigenvalue weighted by atomic mass is 16.5. The number of rotatable bonds is 10. The van der Waals surface area contributed by atoms with E-state index in [0.717, 1.165) is 25.4 Å². The number of carbonyl (C=O) groups excluding carboxylic acids is 1. The van der Waals surface area contributed by atoms with Crippen molar-refractivity contribution >= 4 is 17.3 Å². The van der Waals surface area contributed by atoms with Crippen molar-refractivity contribution in [3.8, 4) is 11.5 Å². The molecule has 3 aromatic rings. The van der Waals surface area contributed by atoms with E-state index in [9.17, 15) is 9.90 Å². The molecule has 10 nitrogen and oxygen atoms in total. The Balaban J connectivity index is 1.32. The molecule has 0 bridgehead atoms. The Labute approximate surface area is 191 Å². The van der Waals surface area contributed by atoms with Gasteiger partial charge in [-0.15, -0.1) is 0 Å². The Morgan fingerprint density at radius 1 is 1.18 bits per heavy atom. The van der Waals surface area contributed by atoms with Crippen molar-refractivity contribution in [2.24, 2.45) is 0 Å². The van der Waals surface area contributed by atoms with Crippen LogP contribution in [0.2, 0.25) is 0 Å². The number of hydrogen-bond acceptors (Lipinski definition) is 8. The lowest BCUT2D eigenvalue weighted by Gasteiger charge is -2.16. The molecule has 1 aliphatic heterocycles. The minimum absolute atomic E-state index is 0.323. The quantitative estimate of drug-likeness (QED) is 0.346. The molecule has 3 heterocycles. The number of methoxy groups -OCH3 is 1. The minimum Gasteiger partial charge on any atom is -0.495 e. The summed E-state index contributed by atoms with van der Waals surface area (Å²) in [5.74, 6) is 0.850. The van der Waals surface area contributed by atoms with Gasteiger partial charge in [0.25, 0.3) is 5.91 Å². The van der Waals surface area contributed by atoms with Gasteiger partial charge in [-0.25, -0.2) is 0 Å². The number of hydrogen-bond donors (Lipinski definition) is 4. The van der Waals surface area contributed by atoms with E-state index in [1.807, 2.05) is 24.3 Å². The molecule has 1 aromatic carbocycles. The Bertz CT molecular complexity index is 1050. The number of amides is 1. The lowest BCUT2D eigenvalue weighted by molar-refractivity contribution is 0.102. The van der Waals surface area contributed by atoms with Crippen LogP contribution in [0.25, 0.3) is 0 Å². The number of anilines is 2. The first kappa shape index (κ1) is 22.6. The Hall–Kier alpha value is -3.63. The molecule has 0 saturated carbocycles. The normalized spacial score (nSPS) is 14.6. The second-order valence-electron chi connectivity index (χ2n) is 7.73. The van der Waals surface area contributed by atoms with Crippen LogP contribution >= 0.6 is 0 Å². The predicted octanol–water partition coefficient (Wildman–Crippen LogP) is 2.64. The van der Waals surface area contributed by atoms with Crippen molar-refractivity contribution in [3.05, 3.63) is 60.2 Å². The van der Waals surface area contributed by atoms with Crippen LogP contribution in [0.3, 0.4) is 0 Å². The average Bonchev–Trinajstić information content (AvgIpc) is 3.52. The van der Waals surface area contributed by atoms with E-state index < -0.39 is 12.1 Å². The van der Waals surface area contributed by atoms with Crippen LogP contribution in [0.1, 0.15) is 35.1 Å². The maximum Gasteiger partial charge on any atom is 0.257 e. The zero-order valence-corrected chi connectivity index (χ0v) is 18.5. The fraction of sp³-hybridized carbons (Fsp3) is 0.348. The molecule has 1 amide bonds. The number of aromatic nitrogens is 3. The highest BCUT2D eigenvalue weighted by Crippen LogP contribution is 2.24. The molecule has 0 spiro atoms. The summed E-state index contributed by atoms with van der Waals surface area (Å²) in [6, 6.07) is 8.93. The van der Waals surface area contributed by atoms with Crippen molar-refractivity contribution in [1.29, 1.82) is 0 Å². The van der Waals surface area contributed by atoms with Crippen LogP contribution in [0, 0.1) is 0 Å². The van der Waals surface area contributed by atoms with Gasteiger partial charge in [-0.1, -0.05) is 0 Å². The standard InChI is InChI=1S/C23H28N6O4/c1-32-19-12-16(13-24-14-19)22(30)27-20-15-25-28-21(20)23(31)26-17-4-6-18(7-5-17)33-11-10-29-8-2-3-9-29/h4-7,12-15,23,26,31H,2-3,8-11H2,1H3,(H,25,28)(H,27,30). The second kappa shape index (κ2) is 10.8. The average molecular weight is 453 g/mol. The summed E-state index contributed by atoms with van der Waals surface area (Å²) in [6.07, 6.45) is 5.79. The number of ether oxygens (including phenoxy) is 2. The molecule has 1 saturated heterocycles. The largest absolute Gasteiger partial charge is 0.495 e. The minimum atomic E-state index is -1.12. The maximum atomic E-state index is 12.6. The van der Waals surface area contributed by atoms with E-state index in [-0.39, 0.29) is 0 Å². The van der Waals surface area contributed by atoms with Crippen molar-refractivity contribution in [1.82, 2.24) is 20.1 Å². The van der Waals surface area contributed by atoms with Crippen LogP contribution in [-0.2, 0) is 0 Å². The van der Waals surface area contributed by atoms with Gasteiger partial charge in [0.1, 0.15) is 23.8 Å². The second-order valence-corrected chi connectivity index (χ2v) is 7.73. The highest BCUT2D eigenvalue weighted by Gasteiger charge is 2.18. The van der Waals surface area contributed by atoms with Gasteiger partial charge < -0.3 is 25.2 Å². The van der Waals surface area contributed by atoms with E-state index in [1.165, 1.54) is 38.5 Å². The van der Waals surface area contributed by atoms with Crippen LogP contribution in [0.4, 0.5) is 11.4 Å². The molecule has 2 aromatic heterocycles. The monoisotopic (exact) mass is 452 g/mol. The number of nitrogens with zero attached hydrogens (tertiary/aromatic N) is 3. The molecule has 4 rings (SSSR count). The fourth-order valence-corrected chi connectivity index (χ4v) is 3.63. The lowest BCUT2D eigenvalue weighted by Crippen LogP contribution is -2.25. The molecule has 1 fully saturated rings. The molecular weight excluding hydrogens is 424 g/mol. The molecule has 174 valence electrons. The van der Waals surface area contributed by atoms with E-state index in [4.69, 9.17) is 9.47 Å². The molecule has 1 unspecified atom stereocenters. The van der Waals surface area contributed by atoms with Gasteiger partial charge in [-0.3, -0.25) is 19.8 Å². The Morgan fingerprint density at radius 2 is 1.97 bits per heavy atom. The Kier molecular flexibility index (Phi) is 7.38. The first-order valence-corrected chi connectivity index (χ1v) is 10.9. The third-order valence-corrected chi connectivity index (χ3v) is 5.43. The number of likely N-dealkylation sites (tertiary alicyclic amines) is 1. The van der Waals surface area contributed by atoms with Crippen molar-refractivity contribution in [3.63, 3.8) is 0 Å². The first-order chi connectivity index (χ1) is 16.1. The van der Waals surface area contributed by atoms with Gasteiger partial charge in [-0.05, 0) is 56.3 Å². The van der Waals surface area contributed by atoms with Gasteiger partial charge in [-0.2, -0.15) is 5.10 Å². The number of benzene rings is 1. The van der Waals surface area contributed by atoms with Gasteiger partial charge in [0.15, 0.2) is 6.23 Å². The summed E-state index contributed by atoms with van der Waals surface area (Å²) in [7, 11) is 1.50. The summed E-state index contributed by atoms with van der Waals surface area (Å²) in [5.41, 5.74) is 1.69. The van der Waals surface area contributed by atoms with Gasteiger partial charge >= 0.3 is 0 Å². The number of H-pyrrole nitrogens is 1. The van der Waals surface area contributed by atoms with Crippen LogP contribution in [0.5, 0.6) is 11.5 Å². The van der Waals surface area contributed by atoms with Gasteiger partial charge in [0.05, 0.1) is 30.8 Å². The molecule has 33 heavy (non-hydrogen) atoms. The van der Waals surface area contributed by atoms with E-state index in [2.05, 4.69) is 30.7 Å². The maximum absolute atomic E-state index is 12.6. The Morgan fingerprint density at radius 3 is 2.73 bits per heavy atom. The summed E-state index contributed by atoms with van der Waals surface area (Å²) >= 11 is 0. The third-order valence-electron chi connectivity index (χ3n) is 5.43. The first-order valence-electron chi connectivity index (χ1n) is 10.9. The molecule has 0 aliphatic carbocycles. The highest BCUT2D eigenvalue weighted by molar-refractivity contribution is 6.04. The molecule has 10 heteroatoms. The predicted molar refractivity (Wildman–Crippen MR) is 124 cm³/mol. The van der Waals surface area contributed by atoms with Crippen molar-refractivity contribution in [2.75, 3.05) is 44.0 Å². The summed E-state index contributed by atoms with van der Waals surface area (Å²) < 4.78 is 10.9. The fourth-order valence-electron chi connectivity index (χ4n) is 3.63. The van der Waals surface area contributed by atoms with Crippen LogP contribution in [-0.4, -0.2) is 64.4 Å². The number of aromatic amines is 1. The van der Waals surface area contributed by atoms with E-state index in [1.54, 1.807) is 6.07 Å².